The average molecular weight is 280 g/mol. The van der Waals surface area contributed by atoms with Crippen LogP contribution in [0.5, 0.6) is 5.88 Å². The van der Waals surface area contributed by atoms with Crippen molar-refractivity contribution in [1.82, 2.24) is 9.97 Å². The van der Waals surface area contributed by atoms with Gasteiger partial charge in [-0.15, -0.1) is 0 Å². The molecule has 0 saturated heterocycles. The Labute approximate surface area is 120 Å². The molecular weight excluding hydrogens is 256 g/mol. The van der Waals surface area contributed by atoms with E-state index in [9.17, 15) is 0 Å². The van der Waals surface area contributed by atoms with Gasteiger partial charge in [0.05, 0.1) is 6.61 Å². The number of ether oxygens (including phenoxy) is 1. The SMILES string of the molecule is CSc1nccc(OC[C@H]2CCC[C@@]2(C)C(C)C)n1. The van der Waals surface area contributed by atoms with Crippen LogP contribution in [0.4, 0.5) is 0 Å². The molecule has 2 atom stereocenters. The lowest BCUT2D eigenvalue weighted by Gasteiger charge is -2.35. The lowest BCUT2D eigenvalue weighted by molar-refractivity contribution is 0.0959. The molecule has 19 heavy (non-hydrogen) atoms. The molecule has 1 aliphatic rings. The van der Waals surface area contributed by atoms with Crippen molar-refractivity contribution in [2.24, 2.45) is 17.3 Å². The Bertz CT molecular complexity index is 424. The van der Waals surface area contributed by atoms with E-state index >= 15 is 0 Å². The standard InChI is InChI=1S/C15H24N2OS/c1-11(2)15(3)8-5-6-12(15)10-18-13-7-9-16-14(17-13)19-4/h7,9,11-12H,5-6,8,10H2,1-4H3/t12-,15+/m1/s1. The molecule has 0 bridgehead atoms. The minimum absolute atomic E-state index is 0.412. The Balaban J connectivity index is 1.98. The average Bonchev–Trinajstić information content (AvgIpc) is 2.79. The molecule has 1 saturated carbocycles. The van der Waals surface area contributed by atoms with Gasteiger partial charge in [0.1, 0.15) is 0 Å². The van der Waals surface area contributed by atoms with E-state index < -0.39 is 0 Å². The highest BCUT2D eigenvalue weighted by Crippen LogP contribution is 2.48. The Hall–Kier alpha value is -0.770. The highest BCUT2D eigenvalue weighted by Gasteiger charge is 2.41. The van der Waals surface area contributed by atoms with Gasteiger partial charge in [0.25, 0.3) is 0 Å². The van der Waals surface area contributed by atoms with E-state index in [0.717, 1.165) is 11.8 Å². The number of aromatic nitrogens is 2. The van der Waals surface area contributed by atoms with Crippen LogP contribution in [0.15, 0.2) is 17.4 Å². The van der Waals surface area contributed by atoms with Gasteiger partial charge in [-0.05, 0) is 36.3 Å². The molecule has 1 aliphatic carbocycles. The summed E-state index contributed by atoms with van der Waals surface area (Å²) in [5.74, 6) is 2.05. The van der Waals surface area contributed by atoms with Crippen molar-refractivity contribution in [2.75, 3.05) is 12.9 Å². The summed E-state index contributed by atoms with van der Waals surface area (Å²) in [4.78, 5) is 8.54. The lowest BCUT2D eigenvalue weighted by Crippen LogP contribution is -2.31. The molecule has 1 heterocycles. The third-order valence-corrected chi connectivity index (χ3v) is 5.30. The van der Waals surface area contributed by atoms with Crippen LogP contribution in [0.2, 0.25) is 0 Å². The molecule has 0 unspecified atom stereocenters. The van der Waals surface area contributed by atoms with E-state index in [1.165, 1.54) is 19.3 Å². The van der Waals surface area contributed by atoms with Crippen LogP contribution in [0.25, 0.3) is 0 Å². The summed E-state index contributed by atoms with van der Waals surface area (Å²) < 4.78 is 5.91. The van der Waals surface area contributed by atoms with E-state index in [4.69, 9.17) is 4.74 Å². The first kappa shape index (κ1) is 14.6. The van der Waals surface area contributed by atoms with E-state index in [1.54, 1.807) is 18.0 Å². The second-order valence-electron chi connectivity index (χ2n) is 5.94. The maximum atomic E-state index is 5.91. The number of hydrogen-bond acceptors (Lipinski definition) is 4. The summed E-state index contributed by atoms with van der Waals surface area (Å²) >= 11 is 1.54. The van der Waals surface area contributed by atoms with Gasteiger partial charge in [0.2, 0.25) is 5.88 Å². The van der Waals surface area contributed by atoms with Gasteiger partial charge in [0, 0.05) is 12.3 Å². The number of thioether (sulfide) groups is 1. The summed E-state index contributed by atoms with van der Waals surface area (Å²) in [5.41, 5.74) is 0.412. The van der Waals surface area contributed by atoms with Gasteiger partial charge in [0.15, 0.2) is 5.16 Å². The van der Waals surface area contributed by atoms with Crippen LogP contribution >= 0.6 is 11.8 Å². The zero-order valence-electron chi connectivity index (χ0n) is 12.3. The molecule has 0 aromatic carbocycles. The van der Waals surface area contributed by atoms with Gasteiger partial charge in [-0.1, -0.05) is 39.0 Å². The summed E-state index contributed by atoms with van der Waals surface area (Å²) in [7, 11) is 0. The number of nitrogens with zero attached hydrogens (tertiary/aromatic N) is 2. The zero-order valence-corrected chi connectivity index (χ0v) is 13.2. The van der Waals surface area contributed by atoms with Crippen LogP contribution in [0.3, 0.4) is 0 Å². The Morgan fingerprint density at radius 3 is 3.00 bits per heavy atom. The summed E-state index contributed by atoms with van der Waals surface area (Å²) in [6, 6.07) is 1.85. The molecule has 2 rings (SSSR count). The van der Waals surface area contributed by atoms with Gasteiger partial charge in [-0.3, -0.25) is 0 Å². The normalized spacial score (nSPS) is 26.9. The molecule has 0 radical (unpaired) electrons. The van der Waals surface area contributed by atoms with Crippen molar-refractivity contribution in [3.63, 3.8) is 0 Å². The Morgan fingerprint density at radius 2 is 2.32 bits per heavy atom. The molecule has 4 heteroatoms. The topological polar surface area (TPSA) is 35.0 Å². The predicted molar refractivity (Wildman–Crippen MR) is 79.6 cm³/mol. The van der Waals surface area contributed by atoms with E-state index in [0.29, 0.717) is 23.1 Å². The molecule has 106 valence electrons. The fraction of sp³-hybridized carbons (Fsp3) is 0.733. The Morgan fingerprint density at radius 1 is 1.53 bits per heavy atom. The molecule has 1 fully saturated rings. The first-order chi connectivity index (χ1) is 9.06. The summed E-state index contributed by atoms with van der Waals surface area (Å²) in [6.07, 6.45) is 7.66. The van der Waals surface area contributed by atoms with Gasteiger partial charge in [-0.2, -0.15) is 4.98 Å². The van der Waals surface area contributed by atoms with E-state index in [2.05, 4.69) is 30.7 Å². The van der Waals surface area contributed by atoms with Crippen LogP contribution in [0.1, 0.15) is 40.0 Å². The predicted octanol–water partition coefficient (Wildman–Crippen LogP) is 4.04. The van der Waals surface area contributed by atoms with Crippen molar-refractivity contribution in [1.29, 1.82) is 0 Å². The molecule has 3 nitrogen and oxygen atoms in total. The van der Waals surface area contributed by atoms with Gasteiger partial charge >= 0.3 is 0 Å². The van der Waals surface area contributed by atoms with Crippen LogP contribution < -0.4 is 4.74 Å². The highest BCUT2D eigenvalue weighted by atomic mass is 32.2. The third kappa shape index (κ3) is 3.22. The van der Waals surface area contributed by atoms with Crippen LogP contribution in [-0.2, 0) is 0 Å². The molecule has 0 spiro atoms. The number of rotatable bonds is 5. The quantitative estimate of drug-likeness (QED) is 0.602. The lowest BCUT2D eigenvalue weighted by atomic mass is 9.71. The summed E-state index contributed by atoms with van der Waals surface area (Å²) in [5, 5.41) is 0.774. The molecule has 1 aromatic rings. The van der Waals surface area contributed by atoms with Crippen molar-refractivity contribution in [3.8, 4) is 5.88 Å². The van der Waals surface area contributed by atoms with Crippen molar-refractivity contribution < 1.29 is 4.74 Å². The first-order valence-electron chi connectivity index (χ1n) is 7.06. The van der Waals surface area contributed by atoms with Gasteiger partial charge in [-0.25, -0.2) is 4.98 Å². The van der Waals surface area contributed by atoms with Crippen LogP contribution in [-0.4, -0.2) is 22.8 Å². The van der Waals surface area contributed by atoms with Crippen molar-refractivity contribution >= 4 is 11.8 Å². The second-order valence-corrected chi connectivity index (χ2v) is 6.72. The van der Waals surface area contributed by atoms with Crippen molar-refractivity contribution in [2.45, 2.75) is 45.2 Å². The molecule has 0 amide bonds. The summed E-state index contributed by atoms with van der Waals surface area (Å²) in [6.45, 7) is 7.84. The Kier molecular flexibility index (Phi) is 4.71. The molecule has 1 aromatic heterocycles. The van der Waals surface area contributed by atoms with Crippen molar-refractivity contribution in [3.05, 3.63) is 12.3 Å². The maximum absolute atomic E-state index is 5.91. The molecule has 0 aliphatic heterocycles. The minimum atomic E-state index is 0.412. The monoisotopic (exact) mass is 280 g/mol. The highest BCUT2D eigenvalue weighted by molar-refractivity contribution is 7.98. The molecular formula is C15H24N2OS. The molecule has 0 N–H and O–H groups in total. The second kappa shape index (κ2) is 6.12. The third-order valence-electron chi connectivity index (χ3n) is 4.74. The number of hydrogen-bond donors (Lipinski definition) is 0. The van der Waals surface area contributed by atoms with Gasteiger partial charge < -0.3 is 4.74 Å². The van der Waals surface area contributed by atoms with E-state index in [-0.39, 0.29) is 0 Å². The fourth-order valence-corrected chi connectivity index (χ4v) is 3.33. The van der Waals surface area contributed by atoms with Crippen LogP contribution in [0, 0.1) is 17.3 Å². The first-order valence-corrected chi connectivity index (χ1v) is 8.28. The zero-order chi connectivity index (χ0) is 13.9. The smallest absolute Gasteiger partial charge is 0.217 e. The maximum Gasteiger partial charge on any atom is 0.217 e. The van der Waals surface area contributed by atoms with E-state index in [1.807, 2.05) is 12.3 Å². The fourth-order valence-electron chi connectivity index (χ4n) is 2.99. The largest absolute Gasteiger partial charge is 0.477 e. The minimum Gasteiger partial charge on any atom is -0.477 e.